The lowest BCUT2D eigenvalue weighted by molar-refractivity contribution is -0.114. The molecule has 0 aliphatic carbocycles. The molecule has 3 N–H and O–H groups in total. The highest BCUT2D eigenvalue weighted by Crippen LogP contribution is 2.13. The van der Waals surface area contributed by atoms with Crippen LogP contribution in [0.5, 0.6) is 0 Å². The Kier molecular flexibility index (Phi) is 8.08. The second kappa shape index (κ2) is 10.6. The third-order valence-electron chi connectivity index (χ3n) is 3.58. The molecule has 0 aliphatic rings. The average molecular weight is 377 g/mol. The fourth-order valence-corrected chi connectivity index (χ4v) is 3.24. The molecule has 1 heterocycles. The SMILES string of the molecule is CCNC(=NCC(=O)Nc1cccc(F)c1)NCC(C)Cc1cccs1. The van der Waals surface area contributed by atoms with Crippen molar-refractivity contribution >= 4 is 28.9 Å². The van der Waals surface area contributed by atoms with Crippen LogP contribution < -0.4 is 16.0 Å². The standard InChI is InChI=1S/C19H25FN4OS/c1-3-21-19(22-12-14(2)10-17-8-5-9-26-17)23-13-18(25)24-16-7-4-6-15(20)11-16/h4-9,11,14H,3,10,12-13H2,1-2H3,(H,24,25)(H2,21,22,23). The monoisotopic (exact) mass is 376 g/mol. The van der Waals surface area contributed by atoms with E-state index < -0.39 is 0 Å². The van der Waals surface area contributed by atoms with E-state index in [1.165, 1.54) is 17.0 Å². The van der Waals surface area contributed by atoms with Crippen molar-refractivity contribution in [3.05, 3.63) is 52.5 Å². The van der Waals surface area contributed by atoms with Gasteiger partial charge in [-0.15, -0.1) is 11.3 Å². The Morgan fingerprint density at radius 3 is 2.81 bits per heavy atom. The Bertz CT molecular complexity index is 718. The fraction of sp³-hybridized carbons (Fsp3) is 0.368. The molecule has 0 spiro atoms. The minimum Gasteiger partial charge on any atom is -0.357 e. The highest BCUT2D eigenvalue weighted by Gasteiger charge is 2.07. The predicted octanol–water partition coefficient (Wildman–Crippen LogP) is 3.26. The van der Waals surface area contributed by atoms with Gasteiger partial charge in [-0.25, -0.2) is 9.38 Å². The van der Waals surface area contributed by atoms with Gasteiger partial charge in [0.2, 0.25) is 5.91 Å². The summed E-state index contributed by atoms with van der Waals surface area (Å²) in [7, 11) is 0. The minimum absolute atomic E-state index is 0.0366. The van der Waals surface area contributed by atoms with E-state index in [4.69, 9.17) is 0 Å². The predicted molar refractivity (Wildman–Crippen MR) is 106 cm³/mol. The topological polar surface area (TPSA) is 65.5 Å². The quantitative estimate of drug-likeness (QED) is 0.489. The van der Waals surface area contributed by atoms with E-state index in [1.807, 2.05) is 6.92 Å². The fourth-order valence-electron chi connectivity index (χ4n) is 2.37. The summed E-state index contributed by atoms with van der Waals surface area (Å²) in [6.45, 7) is 5.57. The second-order valence-electron chi connectivity index (χ2n) is 6.02. The van der Waals surface area contributed by atoms with Crippen LogP contribution in [0.2, 0.25) is 0 Å². The van der Waals surface area contributed by atoms with Crippen molar-refractivity contribution in [2.24, 2.45) is 10.9 Å². The molecule has 5 nitrogen and oxygen atoms in total. The maximum Gasteiger partial charge on any atom is 0.246 e. The molecule has 0 aliphatic heterocycles. The van der Waals surface area contributed by atoms with Crippen LogP contribution >= 0.6 is 11.3 Å². The van der Waals surface area contributed by atoms with Crippen LogP contribution in [0.4, 0.5) is 10.1 Å². The maximum absolute atomic E-state index is 13.1. The Morgan fingerprint density at radius 2 is 2.12 bits per heavy atom. The molecule has 1 atom stereocenters. The Morgan fingerprint density at radius 1 is 1.27 bits per heavy atom. The van der Waals surface area contributed by atoms with Crippen LogP contribution in [0.3, 0.4) is 0 Å². The van der Waals surface area contributed by atoms with Crippen LogP contribution in [0, 0.1) is 11.7 Å². The van der Waals surface area contributed by atoms with Crippen molar-refractivity contribution in [1.29, 1.82) is 0 Å². The van der Waals surface area contributed by atoms with Crippen molar-refractivity contribution in [1.82, 2.24) is 10.6 Å². The number of carbonyl (C=O) groups is 1. The Balaban J connectivity index is 1.82. The van der Waals surface area contributed by atoms with Gasteiger partial charge in [0.1, 0.15) is 12.4 Å². The zero-order chi connectivity index (χ0) is 18.8. The molecule has 26 heavy (non-hydrogen) atoms. The van der Waals surface area contributed by atoms with Gasteiger partial charge in [0, 0.05) is 23.7 Å². The number of amides is 1. The Hall–Kier alpha value is -2.41. The summed E-state index contributed by atoms with van der Waals surface area (Å²) in [5.74, 6) is 0.360. The number of benzene rings is 1. The molecule has 1 aromatic carbocycles. The molecule has 0 saturated carbocycles. The van der Waals surface area contributed by atoms with Crippen LogP contribution in [-0.2, 0) is 11.2 Å². The lowest BCUT2D eigenvalue weighted by Gasteiger charge is -2.15. The highest BCUT2D eigenvalue weighted by molar-refractivity contribution is 7.09. The average Bonchev–Trinajstić information content (AvgIpc) is 3.10. The number of aliphatic imine (C=N–C) groups is 1. The summed E-state index contributed by atoms with van der Waals surface area (Å²) >= 11 is 1.76. The van der Waals surface area contributed by atoms with Gasteiger partial charge < -0.3 is 16.0 Å². The van der Waals surface area contributed by atoms with Crippen molar-refractivity contribution in [3.8, 4) is 0 Å². The molecule has 2 rings (SSSR count). The number of hydrogen-bond donors (Lipinski definition) is 3. The third-order valence-corrected chi connectivity index (χ3v) is 4.48. The number of hydrogen-bond acceptors (Lipinski definition) is 3. The first-order chi connectivity index (χ1) is 12.6. The van der Waals surface area contributed by atoms with E-state index in [-0.39, 0.29) is 18.3 Å². The lowest BCUT2D eigenvalue weighted by atomic mass is 10.1. The molecule has 1 aromatic heterocycles. The van der Waals surface area contributed by atoms with Crippen molar-refractivity contribution in [2.45, 2.75) is 20.3 Å². The molecule has 0 radical (unpaired) electrons. The smallest absolute Gasteiger partial charge is 0.246 e. The van der Waals surface area contributed by atoms with E-state index in [0.29, 0.717) is 24.1 Å². The van der Waals surface area contributed by atoms with E-state index in [0.717, 1.165) is 13.0 Å². The first-order valence-electron chi connectivity index (χ1n) is 8.66. The van der Waals surface area contributed by atoms with Gasteiger partial charge in [0.05, 0.1) is 0 Å². The van der Waals surface area contributed by atoms with Crippen LogP contribution in [-0.4, -0.2) is 31.5 Å². The first-order valence-corrected chi connectivity index (χ1v) is 9.54. The third kappa shape index (κ3) is 7.23. The molecule has 0 saturated heterocycles. The molecule has 140 valence electrons. The van der Waals surface area contributed by atoms with E-state index in [2.05, 4.69) is 45.4 Å². The van der Waals surface area contributed by atoms with Crippen LogP contribution in [0.15, 0.2) is 46.8 Å². The summed E-state index contributed by atoms with van der Waals surface area (Å²) < 4.78 is 13.1. The summed E-state index contributed by atoms with van der Waals surface area (Å²) in [5.41, 5.74) is 0.424. The van der Waals surface area contributed by atoms with Gasteiger partial charge in [-0.05, 0) is 48.9 Å². The summed E-state index contributed by atoms with van der Waals surface area (Å²) in [5, 5.41) is 11.1. The van der Waals surface area contributed by atoms with E-state index in [1.54, 1.807) is 23.5 Å². The summed E-state index contributed by atoms with van der Waals surface area (Å²) in [6, 6.07) is 9.99. The van der Waals surface area contributed by atoms with Gasteiger partial charge >= 0.3 is 0 Å². The van der Waals surface area contributed by atoms with Crippen molar-refractivity contribution in [3.63, 3.8) is 0 Å². The summed E-state index contributed by atoms with van der Waals surface area (Å²) in [4.78, 5) is 17.6. The molecule has 0 fully saturated rings. The lowest BCUT2D eigenvalue weighted by Crippen LogP contribution is -2.40. The molecule has 0 bridgehead atoms. The number of halogens is 1. The number of nitrogens with zero attached hydrogens (tertiary/aromatic N) is 1. The molecular formula is C19H25FN4OS. The number of guanidine groups is 1. The number of carbonyl (C=O) groups excluding carboxylic acids is 1. The molecule has 2 aromatic rings. The van der Waals surface area contributed by atoms with E-state index >= 15 is 0 Å². The summed E-state index contributed by atoms with van der Waals surface area (Å²) in [6.07, 6.45) is 1.00. The van der Waals surface area contributed by atoms with Gasteiger partial charge in [-0.3, -0.25) is 4.79 Å². The van der Waals surface area contributed by atoms with Gasteiger partial charge in [0.25, 0.3) is 0 Å². The number of thiophene rings is 1. The normalized spacial score (nSPS) is 12.5. The second-order valence-corrected chi connectivity index (χ2v) is 7.06. The van der Waals surface area contributed by atoms with E-state index in [9.17, 15) is 9.18 Å². The minimum atomic E-state index is -0.388. The van der Waals surface area contributed by atoms with Gasteiger partial charge in [0.15, 0.2) is 5.96 Å². The van der Waals surface area contributed by atoms with Crippen molar-refractivity contribution < 1.29 is 9.18 Å². The number of rotatable bonds is 8. The number of anilines is 1. The number of nitrogens with one attached hydrogen (secondary N) is 3. The molecule has 7 heteroatoms. The molecular weight excluding hydrogens is 351 g/mol. The first kappa shape index (κ1) is 19.9. The van der Waals surface area contributed by atoms with Gasteiger partial charge in [-0.1, -0.05) is 19.1 Å². The molecule has 1 unspecified atom stereocenters. The molecule has 1 amide bonds. The largest absolute Gasteiger partial charge is 0.357 e. The Labute approximate surface area is 157 Å². The van der Waals surface area contributed by atoms with Crippen LogP contribution in [0.25, 0.3) is 0 Å². The van der Waals surface area contributed by atoms with Crippen molar-refractivity contribution in [2.75, 3.05) is 25.0 Å². The highest BCUT2D eigenvalue weighted by atomic mass is 32.1. The zero-order valence-corrected chi connectivity index (χ0v) is 15.9. The van der Waals surface area contributed by atoms with Crippen LogP contribution in [0.1, 0.15) is 18.7 Å². The zero-order valence-electron chi connectivity index (χ0n) is 15.1. The maximum atomic E-state index is 13.1. The van der Waals surface area contributed by atoms with Gasteiger partial charge in [-0.2, -0.15) is 0 Å².